The van der Waals surface area contributed by atoms with Crippen LogP contribution in [0.15, 0.2) is 18.2 Å². The molecule has 0 bridgehead atoms. The molecule has 1 aromatic carbocycles. The molecule has 0 saturated carbocycles. The zero-order valence-electron chi connectivity index (χ0n) is 11.2. The van der Waals surface area contributed by atoms with E-state index in [1.807, 2.05) is 0 Å². The van der Waals surface area contributed by atoms with Gasteiger partial charge >= 0.3 is 0 Å². The third kappa shape index (κ3) is 3.87. The number of rotatable bonds is 3. The summed E-state index contributed by atoms with van der Waals surface area (Å²) >= 11 is 0. The van der Waals surface area contributed by atoms with Gasteiger partial charge in [-0.25, -0.2) is 0 Å². The summed E-state index contributed by atoms with van der Waals surface area (Å²) in [5.41, 5.74) is 8.48. The number of benzene rings is 1. The third-order valence-electron chi connectivity index (χ3n) is 3.50. The van der Waals surface area contributed by atoms with Crippen LogP contribution in [0, 0.1) is 6.92 Å². The van der Waals surface area contributed by atoms with Crippen LogP contribution in [-0.4, -0.2) is 31.1 Å². The molecule has 2 N–H and O–H groups in total. The molecule has 1 saturated heterocycles. The van der Waals surface area contributed by atoms with Gasteiger partial charge in [-0.3, -0.25) is 4.90 Å². The molecule has 2 rings (SSSR count). The monoisotopic (exact) mass is 270 g/mol. The standard InChI is InChI=1S/C14H22N2O.ClH/c1-11-9-12(3-4-14(11)17-2)10-16-7-5-13(15)6-8-16;/h3-4,9,13H,5-8,10,15H2,1-2H3;1H. The number of piperidine rings is 1. The van der Waals surface area contributed by atoms with Crippen LogP contribution in [0.2, 0.25) is 0 Å². The fraction of sp³-hybridized carbons (Fsp3) is 0.571. The molecule has 3 nitrogen and oxygen atoms in total. The molecule has 1 aliphatic rings. The summed E-state index contributed by atoms with van der Waals surface area (Å²) in [4.78, 5) is 2.48. The zero-order valence-corrected chi connectivity index (χ0v) is 12.0. The van der Waals surface area contributed by atoms with E-state index in [9.17, 15) is 0 Å². The molecule has 0 unspecified atom stereocenters. The van der Waals surface area contributed by atoms with Gasteiger partial charge < -0.3 is 10.5 Å². The molecule has 1 fully saturated rings. The van der Waals surface area contributed by atoms with Crippen molar-refractivity contribution in [1.29, 1.82) is 0 Å². The molecule has 0 atom stereocenters. The summed E-state index contributed by atoms with van der Waals surface area (Å²) in [5, 5.41) is 0. The van der Waals surface area contributed by atoms with E-state index in [1.165, 1.54) is 11.1 Å². The van der Waals surface area contributed by atoms with Crippen molar-refractivity contribution in [1.82, 2.24) is 4.90 Å². The first-order valence-electron chi connectivity index (χ1n) is 6.30. The van der Waals surface area contributed by atoms with Crippen molar-refractivity contribution in [3.63, 3.8) is 0 Å². The predicted molar refractivity (Wildman–Crippen MR) is 77.5 cm³/mol. The summed E-state index contributed by atoms with van der Waals surface area (Å²) in [5.74, 6) is 0.967. The normalized spacial score (nSPS) is 17.3. The molecule has 4 heteroatoms. The lowest BCUT2D eigenvalue weighted by molar-refractivity contribution is 0.205. The summed E-state index contributed by atoms with van der Waals surface area (Å²) in [6.45, 7) is 5.35. The Morgan fingerprint density at radius 2 is 2.00 bits per heavy atom. The van der Waals surface area contributed by atoms with Crippen LogP contribution in [0.4, 0.5) is 0 Å². The van der Waals surface area contributed by atoms with Gasteiger partial charge in [0.05, 0.1) is 7.11 Å². The maximum Gasteiger partial charge on any atom is 0.121 e. The summed E-state index contributed by atoms with van der Waals surface area (Å²) < 4.78 is 5.27. The number of ether oxygens (including phenoxy) is 1. The van der Waals surface area contributed by atoms with Crippen molar-refractivity contribution in [3.8, 4) is 5.75 Å². The number of likely N-dealkylation sites (tertiary alicyclic amines) is 1. The highest BCUT2D eigenvalue weighted by Crippen LogP contribution is 2.20. The van der Waals surface area contributed by atoms with Gasteiger partial charge in [0.1, 0.15) is 5.75 Å². The average molecular weight is 271 g/mol. The second-order valence-electron chi connectivity index (χ2n) is 4.92. The number of halogens is 1. The highest BCUT2D eigenvalue weighted by molar-refractivity contribution is 5.85. The van der Waals surface area contributed by atoms with Gasteiger partial charge in [-0.1, -0.05) is 12.1 Å². The van der Waals surface area contributed by atoms with E-state index in [1.54, 1.807) is 7.11 Å². The quantitative estimate of drug-likeness (QED) is 0.916. The number of hydrogen-bond acceptors (Lipinski definition) is 3. The molecule has 0 aliphatic carbocycles. The Balaban J connectivity index is 0.00000162. The highest BCUT2D eigenvalue weighted by Gasteiger charge is 2.16. The summed E-state index contributed by atoms with van der Waals surface area (Å²) in [6.07, 6.45) is 2.24. The van der Waals surface area contributed by atoms with E-state index >= 15 is 0 Å². The van der Waals surface area contributed by atoms with Crippen molar-refractivity contribution >= 4 is 12.4 Å². The van der Waals surface area contributed by atoms with Crippen LogP contribution in [0.1, 0.15) is 24.0 Å². The molecular weight excluding hydrogens is 248 g/mol. The SMILES string of the molecule is COc1ccc(CN2CCC(N)CC2)cc1C.Cl. The smallest absolute Gasteiger partial charge is 0.121 e. The molecule has 0 radical (unpaired) electrons. The van der Waals surface area contributed by atoms with Crippen molar-refractivity contribution in [2.24, 2.45) is 5.73 Å². The molecule has 18 heavy (non-hydrogen) atoms. The van der Waals surface area contributed by atoms with Gasteiger partial charge in [0, 0.05) is 12.6 Å². The lowest BCUT2D eigenvalue weighted by Gasteiger charge is -2.30. The van der Waals surface area contributed by atoms with E-state index in [0.717, 1.165) is 38.2 Å². The molecule has 0 spiro atoms. The molecule has 1 aromatic rings. The number of methoxy groups -OCH3 is 1. The van der Waals surface area contributed by atoms with Crippen LogP contribution in [0.3, 0.4) is 0 Å². The lowest BCUT2D eigenvalue weighted by atomic mass is 10.0. The Bertz CT molecular complexity index is 376. The van der Waals surface area contributed by atoms with Crippen LogP contribution in [-0.2, 0) is 6.54 Å². The van der Waals surface area contributed by atoms with E-state index in [-0.39, 0.29) is 12.4 Å². The highest BCUT2D eigenvalue weighted by atomic mass is 35.5. The molecule has 102 valence electrons. The van der Waals surface area contributed by atoms with E-state index in [4.69, 9.17) is 10.5 Å². The molecule has 1 heterocycles. The maximum absolute atomic E-state index is 5.91. The first kappa shape index (κ1) is 15.3. The van der Waals surface area contributed by atoms with Gasteiger partial charge in [0.2, 0.25) is 0 Å². The zero-order chi connectivity index (χ0) is 12.3. The minimum Gasteiger partial charge on any atom is -0.496 e. The second kappa shape index (κ2) is 6.98. The van der Waals surface area contributed by atoms with Crippen LogP contribution in [0.25, 0.3) is 0 Å². The molecule has 1 aliphatic heterocycles. The minimum atomic E-state index is 0. The topological polar surface area (TPSA) is 38.5 Å². The van der Waals surface area contributed by atoms with Crippen LogP contribution in [0.5, 0.6) is 5.75 Å². The predicted octanol–water partition coefficient (Wildman–Crippen LogP) is 2.35. The van der Waals surface area contributed by atoms with Crippen molar-refractivity contribution in [2.75, 3.05) is 20.2 Å². The lowest BCUT2D eigenvalue weighted by Crippen LogP contribution is -2.39. The van der Waals surface area contributed by atoms with Crippen molar-refractivity contribution in [3.05, 3.63) is 29.3 Å². The molecule has 0 amide bonds. The fourth-order valence-electron chi connectivity index (χ4n) is 2.41. The second-order valence-corrected chi connectivity index (χ2v) is 4.92. The Hall–Kier alpha value is -0.770. The minimum absolute atomic E-state index is 0. The summed E-state index contributed by atoms with van der Waals surface area (Å²) in [6, 6.07) is 6.83. The van der Waals surface area contributed by atoms with Gasteiger partial charge in [0.15, 0.2) is 0 Å². The van der Waals surface area contributed by atoms with Gasteiger partial charge in [-0.05, 0) is 50.0 Å². The van der Waals surface area contributed by atoms with Crippen molar-refractivity contribution < 1.29 is 4.74 Å². The van der Waals surface area contributed by atoms with Crippen molar-refractivity contribution in [2.45, 2.75) is 32.4 Å². The molecule has 0 aromatic heterocycles. The van der Waals surface area contributed by atoms with Crippen LogP contribution >= 0.6 is 12.4 Å². The first-order chi connectivity index (χ1) is 8.19. The first-order valence-corrected chi connectivity index (χ1v) is 6.30. The molecular formula is C14H23ClN2O. The Labute approximate surface area is 116 Å². The third-order valence-corrected chi connectivity index (χ3v) is 3.50. The summed E-state index contributed by atoms with van der Waals surface area (Å²) in [7, 11) is 1.72. The van der Waals surface area contributed by atoms with Gasteiger partial charge in [-0.2, -0.15) is 0 Å². The van der Waals surface area contributed by atoms with E-state index < -0.39 is 0 Å². The number of nitrogens with two attached hydrogens (primary N) is 1. The van der Waals surface area contributed by atoms with Gasteiger partial charge in [-0.15, -0.1) is 12.4 Å². The Morgan fingerprint density at radius 1 is 1.33 bits per heavy atom. The fourth-order valence-corrected chi connectivity index (χ4v) is 2.41. The van der Waals surface area contributed by atoms with Gasteiger partial charge in [0.25, 0.3) is 0 Å². The number of hydrogen-bond donors (Lipinski definition) is 1. The Morgan fingerprint density at radius 3 is 2.56 bits per heavy atom. The van der Waals surface area contributed by atoms with E-state index in [0.29, 0.717) is 6.04 Å². The van der Waals surface area contributed by atoms with E-state index in [2.05, 4.69) is 30.0 Å². The largest absolute Gasteiger partial charge is 0.496 e. The number of aryl methyl sites for hydroxylation is 1. The average Bonchev–Trinajstić information content (AvgIpc) is 2.32. The maximum atomic E-state index is 5.91. The van der Waals surface area contributed by atoms with Crippen LogP contribution < -0.4 is 10.5 Å². The number of nitrogens with zero attached hydrogens (tertiary/aromatic N) is 1. The Kier molecular flexibility index (Phi) is 5.93.